The Balaban J connectivity index is 0.00000225. The molecule has 0 aliphatic heterocycles. The van der Waals surface area contributed by atoms with Crippen molar-refractivity contribution in [1.29, 1.82) is 5.26 Å². The highest BCUT2D eigenvalue weighted by Gasteiger charge is 2.17. The molecule has 2 aromatic heterocycles. The normalized spacial score (nSPS) is 10.8. The van der Waals surface area contributed by atoms with Gasteiger partial charge in [0.2, 0.25) is 0 Å². The topological polar surface area (TPSA) is 87.8 Å². The van der Waals surface area contributed by atoms with E-state index >= 15 is 0 Å². The Hall–Kier alpha value is -2.34. The lowest BCUT2D eigenvalue weighted by molar-refractivity contribution is 0.604. The lowest BCUT2D eigenvalue weighted by Crippen LogP contribution is -1.99. The minimum atomic E-state index is -3.26. The number of benzene rings is 1. The Morgan fingerprint density at radius 1 is 1.20 bits per heavy atom. The smallest absolute Gasteiger partial charge is 0.184 e. The maximum atomic E-state index is 11.7. The van der Waals surface area contributed by atoms with Crippen LogP contribution in [0.15, 0.2) is 46.7 Å². The molecule has 0 spiro atoms. The number of halogens is 1. The molecule has 9 heteroatoms. The standard InChI is InChI=1S/C16H14N4O2S2.ClH/c1-18-11-3-5-13(6-4-11)20-14(9-12(10-17)19-20)15-7-8-16(23-15)24(2,21)22;/h3-9,18H,1-2H3;1H. The maximum Gasteiger partial charge on any atom is 0.184 e. The molecule has 1 aromatic carbocycles. The lowest BCUT2D eigenvalue weighted by Gasteiger charge is -2.07. The molecule has 0 saturated carbocycles. The van der Waals surface area contributed by atoms with Gasteiger partial charge in [0.25, 0.3) is 0 Å². The summed E-state index contributed by atoms with van der Waals surface area (Å²) in [6.07, 6.45) is 1.18. The van der Waals surface area contributed by atoms with Crippen molar-refractivity contribution >= 4 is 39.3 Å². The van der Waals surface area contributed by atoms with E-state index < -0.39 is 9.84 Å². The van der Waals surface area contributed by atoms with Crippen molar-refractivity contribution in [3.8, 4) is 22.3 Å². The Kier molecular flexibility index (Phi) is 5.52. The highest BCUT2D eigenvalue weighted by Crippen LogP contribution is 2.32. The Bertz CT molecular complexity index is 1030. The summed E-state index contributed by atoms with van der Waals surface area (Å²) in [6.45, 7) is 0. The van der Waals surface area contributed by atoms with Gasteiger partial charge in [0.1, 0.15) is 10.3 Å². The van der Waals surface area contributed by atoms with E-state index in [2.05, 4.69) is 10.4 Å². The van der Waals surface area contributed by atoms with Gasteiger partial charge in [0.05, 0.1) is 16.3 Å². The zero-order chi connectivity index (χ0) is 17.3. The molecule has 0 unspecified atom stereocenters. The van der Waals surface area contributed by atoms with Gasteiger partial charge in [-0.1, -0.05) is 0 Å². The van der Waals surface area contributed by atoms with Crippen LogP contribution in [0, 0.1) is 11.3 Å². The molecule has 130 valence electrons. The molecule has 0 atom stereocenters. The van der Waals surface area contributed by atoms with Gasteiger partial charge in [0.15, 0.2) is 15.5 Å². The van der Waals surface area contributed by atoms with Crippen LogP contribution in [0.3, 0.4) is 0 Å². The third-order valence-electron chi connectivity index (χ3n) is 3.42. The molecule has 0 saturated heterocycles. The fourth-order valence-electron chi connectivity index (χ4n) is 2.23. The van der Waals surface area contributed by atoms with Gasteiger partial charge in [-0.3, -0.25) is 0 Å². The van der Waals surface area contributed by atoms with E-state index in [0.717, 1.165) is 27.6 Å². The minimum absolute atomic E-state index is 0. The number of nitrogens with one attached hydrogen (secondary N) is 1. The number of rotatable bonds is 4. The second kappa shape index (κ2) is 7.27. The van der Waals surface area contributed by atoms with Crippen molar-refractivity contribution in [2.45, 2.75) is 4.21 Å². The van der Waals surface area contributed by atoms with Crippen LogP contribution in [0.5, 0.6) is 0 Å². The van der Waals surface area contributed by atoms with Crippen LogP contribution < -0.4 is 5.32 Å². The molecular formula is C16H15ClN4O2S2. The highest BCUT2D eigenvalue weighted by atomic mass is 35.5. The molecule has 0 aliphatic carbocycles. The lowest BCUT2D eigenvalue weighted by atomic mass is 10.2. The third kappa shape index (κ3) is 3.85. The van der Waals surface area contributed by atoms with Crippen molar-refractivity contribution in [2.75, 3.05) is 18.6 Å². The fourth-order valence-corrected chi connectivity index (χ4v) is 4.16. The number of aromatic nitrogens is 2. The van der Waals surface area contributed by atoms with Crippen molar-refractivity contribution in [3.63, 3.8) is 0 Å². The number of hydrogen-bond acceptors (Lipinski definition) is 6. The number of sulfone groups is 1. The van der Waals surface area contributed by atoms with E-state index in [-0.39, 0.29) is 22.3 Å². The van der Waals surface area contributed by atoms with Gasteiger partial charge in [-0.25, -0.2) is 13.1 Å². The second-order valence-electron chi connectivity index (χ2n) is 5.13. The summed E-state index contributed by atoms with van der Waals surface area (Å²) in [5, 5.41) is 16.5. The maximum absolute atomic E-state index is 11.7. The van der Waals surface area contributed by atoms with E-state index in [0.29, 0.717) is 5.69 Å². The number of thiophene rings is 1. The number of nitriles is 1. The first-order valence-corrected chi connectivity index (χ1v) is 9.72. The fraction of sp³-hybridized carbons (Fsp3) is 0.125. The summed E-state index contributed by atoms with van der Waals surface area (Å²) < 4.78 is 25.3. The van der Waals surface area contributed by atoms with Crippen molar-refractivity contribution in [2.24, 2.45) is 0 Å². The van der Waals surface area contributed by atoms with Crippen LogP contribution in [0.1, 0.15) is 5.69 Å². The zero-order valence-corrected chi connectivity index (χ0v) is 15.9. The summed E-state index contributed by atoms with van der Waals surface area (Å²) in [5.74, 6) is 0. The minimum Gasteiger partial charge on any atom is -0.388 e. The average Bonchev–Trinajstić information content (AvgIpc) is 3.21. The van der Waals surface area contributed by atoms with E-state index in [4.69, 9.17) is 5.26 Å². The number of hydrogen-bond donors (Lipinski definition) is 1. The van der Waals surface area contributed by atoms with Gasteiger partial charge >= 0.3 is 0 Å². The van der Waals surface area contributed by atoms with Gasteiger partial charge < -0.3 is 5.32 Å². The molecule has 0 amide bonds. The largest absolute Gasteiger partial charge is 0.388 e. The molecule has 6 nitrogen and oxygen atoms in total. The first-order chi connectivity index (χ1) is 11.4. The number of anilines is 1. The summed E-state index contributed by atoms with van der Waals surface area (Å²) in [4.78, 5) is 0.738. The highest BCUT2D eigenvalue weighted by molar-refractivity contribution is 7.92. The molecule has 1 N–H and O–H groups in total. The van der Waals surface area contributed by atoms with Gasteiger partial charge in [-0.05, 0) is 36.4 Å². The molecule has 2 heterocycles. The summed E-state index contributed by atoms with van der Waals surface area (Å²) in [7, 11) is -1.43. The van der Waals surface area contributed by atoms with Crippen LogP contribution in [-0.4, -0.2) is 31.5 Å². The van der Waals surface area contributed by atoms with Crippen LogP contribution in [-0.2, 0) is 9.84 Å². The molecule has 0 bridgehead atoms. The van der Waals surface area contributed by atoms with Crippen LogP contribution in [0.4, 0.5) is 5.69 Å². The first-order valence-electron chi connectivity index (χ1n) is 7.01. The molecule has 0 fully saturated rings. The first kappa shape index (κ1) is 19.0. The number of nitrogens with zero attached hydrogens (tertiary/aromatic N) is 3. The third-order valence-corrected chi connectivity index (χ3v) is 6.35. The van der Waals surface area contributed by atoms with E-state index in [1.54, 1.807) is 22.9 Å². The molecule has 0 radical (unpaired) electrons. The quantitative estimate of drug-likeness (QED) is 0.733. The zero-order valence-electron chi connectivity index (χ0n) is 13.4. The summed E-state index contributed by atoms with van der Waals surface area (Å²) in [5.41, 5.74) is 2.71. The van der Waals surface area contributed by atoms with Crippen LogP contribution >= 0.6 is 23.7 Å². The molecule has 0 aliphatic rings. The molecule has 3 rings (SSSR count). The van der Waals surface area contributed by atoms with E-state index in [1.807, 2.05) is 37.4 Å². The average molecular weight is 395 g/mol. The second-order valence-corrected chi connectivity index (χ2v) is 8.45. The molecule has 3 aromatic rings. The monoisotopic (exact) mass is 394 g/mol. The van der Waals surface area contributed by atoms with Crippen molar-refractivity contribution in [1.82, 2.24) is 9.78 Å². The summed E-state index contributed by atoms with van der Waals surface area (Å²) in [6, 6.07) is 14.6. The predicted molar refractivity (Wildman–Crippen MR) is 101 cm³/mol. The van der Waals surface area contributed by atoms with Gasteiger partial charge in [-0.15, -0.1) is 23.7 Å². The Morgan fingerprint density at radius 3 is 2.40 bits per heavy atom. The van der Waals surface area contributed by atoms with Gasteiger partial charge in [0, 0.05) is 25.1 Å². The van der Waals surface area contributed by atoms with Crippen molar-refractivity contribution in [3.05, 3.63) is 48.2 Å². The van der Waals surface area contributed by atoms with Crippen LogP contribution in [0.25, 0.3) is 16.3 Å². The molecule has 25 heavy (non-hydrogen) atoms. The Labute approximate surface area is 156 Å². The van der Waals surface area contributed by atoms with E-state index in [9.17, 15) is 8.42 Å². The van der Waals surface area contributed by atoms with Crippen LogP contribution in [0.2, 0.25) is 0 Å². The Morgan fingerprint density at radius 2 is 1.88 bits per heavy atom. The van der Waals surface area contributed by atoms with Crippen molar-refractivity contribution < 1.29 is 8.42 Å². The van der Waals surface area contributed by atoms with Gasteiger partial charge in [-0.2, -0.15) is 10.4 Å². The predicted octanol–water partition coefficient (Wildman–Crippen LogP) is 3.34. The van der Waals surface area contributed by atoms with E-state index in [1.165, 1.54) is 6.26 Å². The summed E-state index contributed by atoms with van der Waals surface area (Å²) >= 11 is 1.16. The SMILES string of the molecule is CNc1ccc(-n2nc(C#N)cc2-c2ccc(S(C)(=O)=O)s2)cc1.Cl. The molecular weight excluding hydrogens is 380 g/mol.